The minimum Gasteiger partial charge on any atom is -0.465 e. The number of anilines is 1. The summed E-state index contributed by atoms with van der Waals surface area (Å²) < 4.78 is 4.68. The summed E-state index contributed by atoms with van der Waals surface area (Å²) in [5.41, 5.74) is 4.24. The molecular weight excluding hydrogens is 356 g/mol. The Morgan fingerprint density at radius 1 is 1.11 bits per heavy atom. The lowest BCUT2D eigenvalue weighted by Gasteiger charge is -2.09. The monoisotopic (exact) mass is 378 g/mol. The molecule has 144 valence electrons. The summed E-state index contributed by atoms with van der Waals surface area (Å²) in [5, 5.41) is 3.69. The minimum atomic E-state index is -0.468. The molecule has 0 atom stereocenters. The molecule has 0 saturated heterocycles. The van der Waals surface area contributed by atoms with E-state index in [2.05, 4.69) is 15.0 Å². The molecule has 1 heterocycles. The Morgan fingerprint density at radius 3 is 2.64 bits per heavy atom. The topological polar surface area (TPSA) is 88.3 Å². The number of amides is 1. The van der Waals surface area contributed by atoms with Crippen LogP contribution in [0.15, 0.2) is 47.3 Å². The number of aromatic nitrogens is 1. The first kappa shape index (κ1) is 19.4. The molecule has 0 aliphatic rings. The Labute approximate surface area is 162 Å². The van der Waals surface area contributed by atoms with Crippen molar-refractivity contribution in [2.45, 2.75) is 26.7 Å². The van der Waals surface area contributed by atoms with Gasteiger partial charge in [-0.15, -0.1) is 0 Å². The van der Waals surface area contributed by atoms with Gasteiger partial charge in [-0.25, -0.2) is 4.79 Å². The predicted octanol–water partition coefficient (Wildman–Crippen LogP) is 3.50. The van der Waals surface area contributed by atoms with E-state index in [4.69, 9.17) is 0 Å². The molecule has 6 heteroatoms. The minimum absolute atomic E-state index is 0.155. The van der Waals surface area contributed by atoms with Crippen molar-refractivity contribution in [2.75, 3.05) is 12.4 Å². The van der Waals surface area contributed by atoms with Gasteiger partial charge in [0.1, 0.15) is 0 Å². The van der Waals surface area contributed by atoms with Gasteiger partial charge in [-0.1, -0.05) is 18.2 Å². The number of ether oxygens (including phenoxy) is 1. The van der Waals surface area contributed by atoms with Gasteiger partial charge in [0.05, 0.1) is 18.2 Å². The Bertz CT molecular complexity index is 1120. The van der Waals surface area contributed by atoms with Crippen LogP contribution in [0.2, 0.25) is 0 Å². The van der Waals surface area contributed by atoms with Crippen molar-refractivity contribution in [1.29, 1.82) is 0 Å². The van der Waals surface area contributed by atoms with E-state index in [1.54, 1.807) is 24.3 Å². The number of carbonyl (C=O) groups is 2. The zero-order valence-corrected chi connectivity index (χ0v) is 16.1. The summed E-state index contributed by atoms with van der Waals surface area (Å²) >= 11 is 0. The number of aromatic amines is 1. The van der Waals surface area contributed by atoms with Gasteiger partial charge >= 0.3 is 5.97 Å². The average Bonchev–Trinajstić information content (AvgIpc) is 2.69. The van der Waals surface area contributed by atoms with Crippen molar-refractivity contribution < 1.29 is 14.3 Å². The fourth-order valence-electron chi connectivity index (χ4n) is 3.07. The van der Waals surface area contributed by atoms with Crippen LogP contribution in [0, 0.1) is 13.8 Å². The number of nitrogens with one attached hydrogen (secondary N) is 2. The Morgan fingerprint density at radius 2 is 1.89 bits per heavy atom. The van der Waals surface area contributed by atoms with E-state index in [1.165, 1.54) is 7.11 Å². The first-order valence-corrected chi connectivity index (χ1v) is 8.99. The predicted molar refractivity (Wildman–Crippen MR) is 109 cm³/mol. The Kier molecular flexibility index (Phi) is 5.59. The molecule has 0 spiro atoms. The van der Waals surface area contributed by atoms with Crippen LogP contribution in [-0.4, -0.2) is 24.0 Å². The number of methoxy groups -OCH3 is 1. The van der Waals surface area contributed by atoms with Crippen LogP contribution in [0.4, 0.5) is 5.69 Å². The second-order valence-electron chi connectivity index (χ2n) is 6.72. The van der Waals surface area contributed by atoms with Crippen molar-refractivity contribution >= 4 is 28.5 Å². The summed E-state index contributed by atoms with van der Waals surface area (Å²) in [5.74, 6) is -0.703. The van der Waals surface area contributed by atoms with E-state index >= 15 is 0 Å². The first-order chi connectivity index (χ1) is 13.4. The normalized spacial score (nSPS) is 10.7. The van der Waals surface area contributed by atoms with E-state index in [1.807, 2.05) is 32.0 Å². The Hall–Kier alpha value is -3.41. The molecule has 28 heavy (non-hydrogen) atoms. The molecule has 0 radical (unpaired) electrons. The van der Waals surface area contributed by atoms with E-state index < -0.39 is 5.97 Å². The van der Waals surface area contributed by atoms with Gasteiger partial charge in [0, 0.05) is 17.7 Å². The lowest BCUT2D eigenvalue weighted by atomic mass is 10.0. The number of pyridine rings is 1. The highest BCUT2D eigenvalue weighted by Gasteiger charge is 2.10. The summed E-state index contributed by atoms with van der Waals surface area (Å²) in [7, 11) is 1.30. The highest BCUT2D eigenvalue weighted by molar-refractivity contribution is 5.94. The zero-order chi connectivity index (χ0) is 20.3. The SMILES string of the molecule is COC(=O)c1cccc(NC(=O)CCc2cc3ccc(C)c(C)c3[nH]c2=O)c1. The molecule has 0 bridgehead atoms. The summed E-state index contributed by atoms with van der Waals surface area (Å²) in [4.78, 5) is 39.2. The number of benzene rings is 2. The molecule has 3 aromatic rings. The van der Waals surface area contributed by atoms with Crippen LogP contribution in [0.5, 0.6) is 0 Å². The Balaban J connectivity index is 1.71. The number of esters is 1. The smallest absolute Gasteiger partial charge is 0.337 e. The van der Waals surface area contributed by atoms with Crippen LogP contribution in [0.3, 0.4) is 0 Å². The van der Waals surface area contributed by atoms with Crippen LogP contribution in [0.1, 0.15) is 33.5 Å². The summed E-state index contributed by atoms with van der Waals surface area (Å²) in [6, 6.07) is 12.3. The number of aryl methyl sites for hydroxylation is 3. The molecule has 0 aliphatic heterocycles. The maximum atomic E-state index is 12.4. The van der Waals surface area contributed by atoms with Gasteiger partial charge < -0.3 is 15.0 Å². The molecule has 2 aromatic carbocycles. The van der Waals surface area contributed by atoms with Crippen molar-refractivity contribution in [2.24, 2.45) is 0 Å². The van der Waals surface area contributed by atoms with Crippen LogP contribution in [-0.2, 0) is 16.0 Å². The summed E-state index contributed by atoms with van der Waals surface area (Å²) in [6.07, 6.45) is 0.475. The third-order valence-corrected chi connectivity index (χ3v) is 4.82. The maximum absolute atomic E-state index is 12.4. The van der Waals surface area contributed by atoms with Crippen molar-refractivity contribution in [3.63, 3.8) is 0 Å². The molecule has 2 N–H and O–H groups in total. The molecule has 1 aromatic heterocycles. The largest absolute Gasteiger partial charge is 0.465 e. The fourth-order valence-corrected chi connectivity index (χ4v) is 3.07. The van der Waals surface area contributed by atoms with Gasteiger partial charge in [0.15, 0.2) is 0 Å². The highest BCUT2D eigenvalue weighted by Crippen LogP contribution is 2.19. The van der Waals surface area contributed by atoms with Crippen molar-refractivity contribution in [1.82, 2.24) is 4.98 Å². The average molecular weight is 378 g/mol. The van der Waals surface area contributed by atoms with Crippen molar-refractivity contribution in [3.8, 4) is 0 Å². The van der Waals surface area contributed by atoms with Crippen LogP contribution >= 0.6 is 0 Å². The third-order valence-electron chi connectivity index (χ3n) is 4.82. The molecule has 1 amide bonds. The van der Waals surface area contributed by atoms with E-state index in [9.17, 15) is 14.4 Å². The standard InChI is InChI=1S/C22H22N2O4/c1-13-7-8-15-11-16(21(26)24-20(15)14(13)2)9-10-19(25)23-18-6-4-5-17(12-18)22(27)28-3/h4-8,11-12H,9-10H2,1-3H3,(H,23,25)(H,24,26). The molecule has 6 nitrogen and oxygen atoms in total. The van der Waals surface area contributed by atoms with Gasteiger partial charge in [-0.05, 0) is 61.0 Å². The lowest BCUT2D eigenvalue weighted by Crippen LogP contribution is -2.17. The highest BCUT2D eigenvalue weighted by atomic mass is 16.5. The van der Waals surface area contributed by atoms with Crippen LogP contribution < -0.4 is 10.9 Å². The van der Waals surface area contributed by atoms with Gasteiger partial charge in [0.2, 0.25) is 5.91 Å². The number of H-pyrrole nitrogens is 1. The number of rotatable bonds is 5. The van der Waals surface area contributed by atoms with E-state index in [0.717, 1.165) is 22.0 Å². The van der Waals surface area contributed by atoms with Gasteiger partial charge in [-0.2, -0.15) is 0 Å². The number of carbonyl (C=O) groups excluding carboxylic acids is 2. The first-order valence-electron chi connectivity index (χ1n) is 8.99. The third kappa shape index (κ3) is 4.11. The fraction of sp³-hybridized carbons (Fsp3) is 0.227. The van der Waals surface area contributed by atoms with Gasteiger partial charge in [0.25, 0.3) is 5.56 Å². The van der Waals surface area contributed by atoms with Gasteiger partial charge in [-0.3, -0.25) is 9.59 Å². The number of fused-ring (bicyclic) bond motifs is 1. The number of hydrogen-bond donors (Lipinski definition) is 2. The van der Waals surface area contributed by atoms with Crippen LogP contribution in [0.25, 0.3) is 10.9 Å². The maximum Gasteiger partial charge on any atom is 0.337 e. The molecule has 0 fully saturated rings. The quantitative estimate of drug-likeness (QED) is 0.665. The molecule has 0 saturated carbocycles. The van der Waals surface area contributed by atoms with E-state index in [0.29, 0.717) is 23.2 Å². The molecular formula is C22H22N2O4. The summed E-state index contributed by atoms with van der Waals surface area (Å²) in [6.45, 7) is 3.98. The zero-order valence-electron chi connectivity index (χ0n) is 16.1. The molecule has 3 rings (SSSR count). The second-order valence-corrected chi connectivity index (χ2v) is 6.72. The number of hydrogen-bond acceptors (Lipinski definition) is 4. The molecule has 0 aliphatic carbocycles. The van der Waals surface area contributed by atoms with E-state index in [-0.39, 0.29) is 17.9 Å². The lowest BCUT2D eigenvalue weighted by molar-refractivity contribution is -0.116. The molecule has 0 unspecified atom stereocenters. The van der Waals surface area contributed by atoms with Crippen molar-refractivity contribution in [3.05, 3.63) is 75.1 Å². The second kappa shape index (κ2) is 8.08.